The highest BCUT2D eigenvalue weighted by molar-refractivity contribution is 7.89. The van der Waals surface area contributed by atoms with Gasteiger partial charge in [-0.15, -0.1) is 0 Å². The van der Waals surface area contributed by atoms with Gasteiger partial charge in [-0.05, 0) is 40.7 Å². The monoisotopic (exact) mass is 399 g/mol. The average Bonchev–Trinajstić information content (AvgIpc) is 2.55. The van der Waals surface area contributed by atoms with E-state index in [-0.39, 0.29) is 18.0 Å². The molecule has 1 fully saturated rings. The topological polar surface area (TPSA) is 110 Å². The van der Waals surface area contributed by atoms with Crippen molar-refractivity contribution in [2.45, 2.75) is 57.2 Å². The molecule has 0 N–H and O–H groups in total. The van der Waals surface area contributed by atoms with Gasteiger partial charge in [0, 0.05) is 31.2 Å². The highest BCUT2D eigenvalue weighted by Gasteiger charge is 2.42. The Bertz CT molecular complexity index is 833. The van der Waals surface area contributed by atoms with Crippen LogP contribution in [0.3, 0.4) is 0 Å². The number of nitro benzene ring substituents is 1. The van der Waals surface area contributed by atoms with E-state index in [9.17, 15) is 23.3 Å². The zero-order chi connectivity index (χ0) is 20.6. The van der Waals surface area contributed by atoms with E-state index < -0.39 is 44.4 Å². The van der Waals surface area contributed by atoms with E-state index in [1.54, 1.807) is 34.6 Å². The van der Waals surface area contributed by atoms with Gasteiger partial charge in [0.1, 0.15) is 5.60 Å². The molecule has 1 aliphatic rings. The Morgan fingerprint density at radius 2 is 1.78 bits per heavy atom. The molecular weight excluding hydrogens is 374 g/mol. The van der Waals surface area contributed by atoms with E-state index in [0.29, 0.717) is 0 Å². The van der Waals surface area contributed by atoms with E-state index in [1.165, 1.54) is 27.4 Å². The first-order valence-corrected chi connectivity index (χ1v) is 10.0. The minimum absolute atomic E-state index is 0.0269. The Morgan fingerprint density at radius 1 is 1.19 bits per heavy atom. The molecule has 27 heavy (non-hydrogen) atoms. The number of amides is 1. The molecule has 2 unspecified atom stereocenters. The molecule has 1 aliphatic heterocycles. The summed E-state index contributed by atoms with van der Waals surface area (Å²) in [5, 5.41) is 11.2. The maximum absolute atomic E-state index is 13.1. The SMILES string of the molecule is CC1C(C)N(S(=O)(=O)c2ccccc2[N+](=O)[O-])CCN1C(=O)OC(C)(C)C. The van der Waals surface area contributed by atoms with Crippen LogP contribution < -0.4 is 0 Å². The van der Waals surface area contributed by atoms with Crippen LogP contribution in [-0.2, 0) is 14.8 Å². The van der Waals surface area contributed by atoms with Gasteiger partial charge in [0.15, 0.2) is 4.90 Å². The number of ether oxygens (including phenoxy) is 1. The molecular formula is C17H25N3O6S. The van der Waals surface area contributed by atoms with E-state index in [1.807, 2.05) is 0 Å². The lowest BCUT2D eigenvalue weighted by atomic mass is 10.1. The number of sulfonamides is 1. The lowest BCUT2D eigenvalue weighted by Gasteiger charge is -2.44. The molecule has 0 aromatic heterocycles. The minimum Gasteiger partial charge on any atom is -0.444 e. The van der Waals surface area contributed by atoms with Crippen molar-refractivity contribution in [2.24, 2.45) is 0 Å². The third-order valence-corrected chi connectivity index (χ3v) is 6.52. The minimum atomic E-state index is -4.09. The number of hydrogen-bond donors (Lipinski definition) is 0. The number of hydrogen-bond acceptors (Lipinski definition) is 6. The first kappa shape index (κ1) is 21.1. The van der Waals surface area contributed by atoms with Crippen molar-refractivity contribution in [1.29, 1.82) is 0 Å². The molecule has 1 aromatic rings. The van der Waals surface area contributed by atoms with E-state index >= 15 is 0 Å². The first-order valence-electron chi connectivity index (χ1n) is 8.61. The average molecular weight is 399 g/mol. The van der Waals surface area contributed by atoms with Crippen molar-refractivity contribution in [2.75, 3.05) is 13.1 Å². The summed E-state index contributed by atoms with van der Waals surface area (Å²) in [6.07, 6.45) is -0.510. The Labute approximate surface area is 159 Å². The number of para-hydroxylation sites is 1. The largest absolute Gasteiger partial charge is 0.444 e. The second-order valence-electron chi connectivity index (χ2n) is 7.50. The third-order valence-electron chi connectivity index (χ3n) is 4.48. The van der Waals surface area contributed by atoms with Crippen molar-refractivity contribution in [1.82, 2.24) is 9.21 Å². The number of carbonyl (C=O) groups is 1. The Balaban J connectivity index is 2.30. The van der Waals surface area contributed by atoms with Crippen LogP contribution in [0.25, 0.3) is 0 Å². The second kappa shape index (κ2) is 7.43. The van der Waals surface area contributed by atoms with Crippen molar-refractivity contribution in [3.8, 4) is 0 Å². The number of nitrogens with zero attached hydrogens (tertiary/aromatic N) is 3. The summed E-state index contributed by atoms with van der Waals surface area (Å²) in [7, 11) is -4.09. The number of carbonyl (C=O) groups excluding carboxylic acids is 1. The van der Waals surface area contributed by atoms with Crippen molar-refractivity contribution < 1.29 is 22.9 Å². The van der Waals surface area contributed by atoms with Crippen LogP contribution in [0.1, 0.15) is 34.6 Å². The molecule has 0 aliphatic carbocycles. The van der Waals surface area contributed by atoms with Gasteiger partial charge in [0.25, 0.3) is 5.69 Å². The molecule has 2 rings (SSSR count). The normalized spacial score (nSPS) is 21.7. The van der Waals surface area contributed by atoms with Gasteiger partial charge < -0.3 is 9.64 Å². The standard InChI is InChI=1S/C17H25N3O6S/c1-12-13(2)19(11-10-18(12)16(21)26-17(3,4)5)27(24,25)15-9-7-6-8-14(15)20(22)23/h6-9,12-13H,10-11H2,1-5H3. The predicted molar refractivity (Wildman–Crippen MR) is 98.9 cm³/mol. The van der Waals surface area contributed by atoms with Crippen LogP contribution in [-0.4, -0.2) is 59.4 Å². The van der Waals surface area contributed by atoms with Crippen LogP contribution in [0.4, 0.5) is 10.5 Å². The van der Waals surface area contributed by atoms with Gasteiger partial charge in [-0.2, -0.15) is 4.31 Å². The van der Waals surface area contributed by atoms with E-state index in [4.69, 9.17) is 4.74 Å². The zero-order valence-electron chi connectivity index (χ0n) is 16.1. The Kier molecular flexibility index (Phi) is 5.81. The van der Waals surface area contributed by atoms with Gasteiger partial charge in [0.05, 0.1) is 4.92 Å². The first-order chi connectivity index (χ1) is 12.4. The van der Waals surface area contributed by atoms with E-state index in [0.717, 1.165) is 6.07 Å². The fourth-order valence-electron chi connectivity index (χ4n) is 2.98. The lowest BCUT2D eigenvalue weighted by Crippen LogP contribution is -2.60. The Hall–Kier alpha value is -2.20. The highest BCUT2D eigenvalue weighted by atomic mass is 32.2. The summed E-state index contributed by atoms with van der Waals surface area (Å²) in [5.74, 6) is 0. The number of benzene rings is 1. The quantitative estimate of drug-likeness (QED) is 0.571. The molecule has 1 amide bonds. The van der Waals surface area contributed by atoms with Crippen LogP contribution >= 0.6 is 0 Å². The van der Waals surface area contributed by atoms with Gasteiger partial charge >= 0.3 is 6.09 Å². The molecule has 0 saturated carbocycles. The molecule has 0 bridgehead atoms. The van der Waals surface area contributed by atoms with Crippen LogP contribution in [0.5, 0.6) is 0 Å². The van der Waals surface area contributed by atoms with Gasteiger partial charge in [-0.25, -0.2) is 13.2 Å². The number of nitro groups is 1. The smallest absolute Gasteiger partial charge is 0.410 e. The molecule has 150 valence electrons. The predicted octanol–water partition coefficient (Wildman–Crippen LogP) is 2.61. The van der Waals surface area contributed by atoms with Gasteiger partial charge in [-0.3, -0.25) is 10.1 Å². The van der Waals surface area contributed by atoms with Gasteiger partial charge in [0.2, 0.25) is 10.0 Å². The highest BCUT2D eigenvalue weighted by Crippen LogP contribution is 2.30. The molecule has 1 aromatic carbocycles. The summed E-state index contributed by atoms with van der Waals surface area (Å²) < 4.78 is 32.7. The van der Waals surface area contributed by atoms with Crippen molar-refractivity contribution in [3.63, 3.8) is 0 Å². The molecule has 1 saturated heterocycles. The van der Waals surface area contributed by atoms with Crippen LogP contribution in [0.2, 0.25) is 0 Å². The molecule has 0 spiro atoms. The van der Waals surface area contributed by atoms with Gasteiger partial charge in [-0.1, -0.05) is 12.1 Å². The van der Waals surface area contributed by atoms with Crippen molar-refractivity contribution in [3.05, 3.63) is 34.4 Å². The fraction of sp³-hybridized carbons (Fsp3) is 0.588. The van der Waals surface area contributed by atoms with Crippen LogP contribution in [0, 0.1) is 10.1 Å². The molecule has 1 heterocycles. The lowest BCUT2D eigenvalue weighted by molar-refractivity contribution is -0.387. The molecule has 0 radical (unpaired) electrons. The number of rotatable bonds is 3. The van der Waals surface area contributed by atoms with Crippen molar-refractivity contribution >= 4 is 21.8 Å². The summed E-state index contributed by atoms with van der Waals surface area (Å²) in [6.45, 7) is 8.85. The maximum Gasteiger partial charge on any atom is 0.410 e. The summed E-state index contributed by atoms with van der Waals surface area (Å²) >= 11 is 0. The van der Waals surface area contributed by atoms with Crippen LogP contribution in [0.15, 0.2) is 29.2 Å². The summed E-state index contributed by atoms with van der Waals surface area (Å²) in [6, 6.07) is 4.24. The number of piperazine rings is 1. The summed E-state index contributed by atoms with van der Waals surface area (Å²) in [4.78, 5) is 24.0. The third kappa shape index (κ3) is 4.38. The van der Waals surface area contributed by atoms with E-state index in [2.05, 4.69) is 0 Å². The zero-order valence-corrected chi connectivity index (χ0v) is 16.9. The summed E-state index contributed by atoms with van der Waals surface area (Å²) in [5.41, 5.74) is -1.12. The molecule has 10 heteroatoms. The molecule has 2 atom stereocenters. The Morgan fingerprint density at radius 3 is 2.33 bits per heavy atom. The maximum atomic E-state index is 13.1. The second-order valence-corrected chi connectivity index (χ2v) is 9.35. The molecule has 9 nitrogen and oxygen atoms in total. The fourth-order valence-corrected chi connectivity index (χ4v) is 4.83.